The maximum Gasteiger partial charge on any atom is 0.410 e. The predicted octanol–water partition coefficient (Wildman–Crippen LogP) is 2.28. The molecule has 0 unspecified atom stereocenters. The molecule has 0 aromatic heterocycles. The van der Waals surface area contributed by atoms with E-state index in [-0.39, 0.29) is 18.9 Å². The van der Waals surface area contributed by atoms with Crippen molar-refractivity contribution in [3.8, 4) is 12.3 Å². The smallest absolute Gasteiger partial charge is 0.410 e. The number of ether oxygens (including phenoxy) is 2. The van der Waals surface area contributed by atoms with E-state index >= 15 is 0 Å². The summed E-state index contributed by atoms with van der Waals surface area (Å²) < 4.78 is 25.4. The first kappa shape index (κ1) is 17.1. The van der Waals surface area contributed by atoms with Gasteiger partial charge >= 0.3 is 6.09 Å². The fourth-order valence-electron chi connectivity index (χ4n) is 2.05. The first-order valence-corrected chi connectivity index (χ1v) is 7.18. The van der Waals surface area contributed by atoms with Crippen molar-refractivity contribution >= 4 is 18.7 Å². The fraction of sp³-hybridized carbons (Fsp3) is 0.786. The van der Waals surface area contributed by atoms with Crippen LogP contribution in [-0.4, -0.2) is 53.8 Å². The van der Waals surface area contributed by atoms with Crippen molar-refractivity contribution in [2.45, 2.75) is 44.6 Å². The molecule has 1 aliphatic rings. The highest BCUT2D eigenvalue weighted by atomic mass is 32.1. The molecule has 0 saturated carbocycles. The Morgan fingerprint density at radius 1 is 1.60 bits per heavy atom. The highest BCUT2D eigenvalue weighted by molar-refractivity contribution is 7.80. The average Bonchev–Trinajstić information content (AvgIpc) is 2.35. The molecular weight excluding hydrogens is 281 g/mol. The van der Waals surface area contributed by atoms with E-state index in [0.717, 1.165) is 0 Å². The van der Waals surface area contributed by atoms with E-state index in [0.29, 0.717) is 13.0 Å². The van der Waals surface area contributed by atoms with E-state index in [1.807, 2.05) is 0 Å². The van der Waals surface area contributed by atoms with Gasteiger partial charge in [0, 0.05) is 12.3 Å². The number of carbonyl (C=O) groups is 1. The summed E-state index contributed by atoms with van der Waals surface area (Å²) in [4.78, 5) is 13.3. The predicted molar refractivity (Wildman–Crippen MR) is 78.7 cm³/mol. The van der Waals surface area contributed by atoms with Gasteiger partial charge in [-0.15, -0.1) is 6.42 Å². The van der Waals surface area contributed by atoms with Crippen molar-refractivity contribution in [3.63, 3.8) is 0 Å². The van der Waals surface area contributed by atoms with Crippen molar-refractivity contribution in [3.05, 3.63) is 0 Å². The Bertz CT molecular complexity index is 391. The molecule has 0 N–H and O–H groups in total. The molecule has 4 nitrogen and oxygen atoms in total. The minimum absolute atomic E-state index is 0.0401. The summed E-state index contributed by atoms with van der Waals surface area (Å²) in [6, 6.07) is 0. The number of piperidine rings is 1. The third kappa shape index (κ3) is 4.57. The van der Waals surface area contributed by atoms with Crippen LogP contribution in [0.15, 0.2) is 0 Å². The number of carbonyl (C=O) groups excluding carboxylic acids is 1. The lowest BCUT2D eigenvalue weighted by Crippen LogP contribution is -2.58. The van der Waals surface area contributed by atoms with Gasteiger partial charge in [0.05, 0.1) is 12.6 Å². The van der Waals surface area contributed by atoms with Crippen molar-refractivity contribution in [1.29, 1.82) is 0 Å². The number of likely N-dealkylation sites (tertiary alicyclic amines) is 1. The molecular formula is C14H22FNO3S. The van der Waals surface area contributed by atoms with Gasteiger partial charge < -0.3 is 14.4 Å². The number of terminal acetylenes is 1. The van der Waals surface area contributed by atoms with Crippen LogP contribution in [0.5, 0.6) is 0 Å². The third-order valence-corrected chi connectivity index (χ3v) is 3.50. The molecule has 0 spiro atoms. The largest absolute Gasteiger partial charge is 0.444 e. The van der Waals surface area contributed by atoms with Crippen LogP contribution in [0.3, 0.4) is 0 Å². The van der Waals surface area contributed by atoms with Crippen LogP contribution < -0.4 is 0 Å². The normalized spacial score (nSPS) is 27.0. The second-order valence-electron chi connectivity index (χ2n) is 5.89. The second-order valence-corrected chi connectivity index (χ2v) is 6.20. The molecule has 1 aliphatic heterocycles. The van der Waals surface area contributed by atoms with Crippen LogP contribution in [0.4, 0.5) is 9.18 Å². The minimum Gasteiger partial charge on any atom is -0.444 e. The molecule has 0 aromatic rings. The van der Waals surface area contributed by atoms with Crippen LogP contribution >= 0.6 is 12.6 Å². The molecule has 1 rings (SSSR count). The fourth-order valence-corrected chi connectivity index (χ4v) is 2.35. The molecule has 1 heterocycles. The Labute approximate surface area is 125 Å². The highest BCUT2D eigenvalue weighted by Crippen LogP contribution is 2.30. The number of amides is 1. The van der Waals surface area contributed by atoms with Gasteiger partial charge in [0.15, 0.2) is 5.67 Å². The Morgan fingerprint density at radius 3 is 2.75 bits per heavy atom. The van der Waals surface area contributed by atoms with E-state index < -0.39 is 23.5 Å². The molecule has 1 saturated heterocycles. The van der Waals surface area contributed by atoms with E-state index in [1.54, 1.807) is 20.8 Å². The van der Waals surface area contributed by atoms with Gasteiger partial charge in [-0.1, -0.05) is 5.92 Å². The molecule has 20 heavy (non-hydrogen) atoms. The van der Waals surface area contributed by atoms with Crippen molar-refractivity contribution in [1.82, 2.24) is 4.90 Å². The number of thiol groups is 1. The average molecular weight is 303 g/mol. The van der Waals surface area contributed by atoms with E-state index in [4.69, 9.17) is 15.9 Å². The Balaban J connectivity index is 2.70. The molecule has 114 valence electrons. The van der Waals surface area contributed by atoms with Gasteiger partial charge in [-0.05, 0) is 27.2 Å². The van der Waals surface area contributed by atoms with Gasteiger partial charge in [0.25, 0.3) is 0 Å². The summed E-state index contributed by atoms with van der Waals surface area (Å²) >= 11 is 4.04. The van der Waals surface area contributed by atoms with Crippen molar-refractivity contribution < 1.29 is 18.7 Å². The van der Waals surface area contributed by atoms with Gasteiger partial charge in [-0.3, -0.25) is 0 Å². The number of hydrogen-bond donors (Lipinski definition) is 1. The summed E-state index contributed by atoms with van der Waals surface area (Å²) in [6.45, 7) is 5.65. The maximum atomic E-state index is 14.8. The zero-order chi connectivity index (χ0) is 15.4. The quantitative estimate of drug-likeness (QED) is 0.642. The molecule has 6 heteroatoms. The molecule has 0 radical (unpaired) electrons. The zero-order valence-corrected chi connectivity index (χ0v) is 13.1. The van der Waals surface area contributed by atoms with Crippen LogP contribution in [-0.2, 0) is 9.47 Å². The number of halogens is 1. The second kappa shape index (κ2) is 6.68. The summed E-state index contributed by atoms with van der Waals surface area (Å²) in [5, 5.41) is 0. The monoisotopic (exact) mass is 303 g/mol. The molecule has 0 bridgehead atoms. The van der Waals surface area contributed by atoms with Crippen LogP contribution in [0.25, 0.3) is 0 Å². The minimum atomic E-state index is -1.71. The Morgan fingerprint density at radius 2 is 2.25 bits per heavy atom. The van der Waals surface area contributed by atoms with Gasteiger partial charge in [-0.2, -0.15) is 12.6 Å². The van der Waals surface area contributed by atoms with Crippen LogP contribution in [0.2, 0.25) is 0 Å². The van der Waals surface area contributed by atoms with Crippen LogP contribution in [0.1, 0.15) is 27.2 Å². The molecule has 1 amide bonds. The molecule has 2 atom stereocenters. The third-order valence-electron chi connectivity index (χ3n) is 2.97. The topological polar surface area (TPSA) is 38.8 Å². The molecule has 0 aromatic carbocycles. The van der Waals surface area contributed by atoms with Gasteiger partial charge in [-0.25, -0.2) is 9.18 Å². The Hall–Kier alpha value is -0.930. The van der Waals surface area contributed by atoms with Crippen LogP contribution in [0, 0.1) is 12.3 Å². The standard InChI is InChI=1S/C14H22FNO3S/c1-5-8-18-11-6-7-16(9-14(11,15)10-20)12(17)19-13(2,3)4/h1,11,20H,6-10H2,2-4H3/t11-,14-/m1/s1. The van der Waals surface area contributed by atoms with E-state index in [1.165, 1.54) is 4.90 Å². The van der Waals surface area contributed by atoms with Gasteiger partial charge in [0.1, 0.15) is 12.2 Å². The van der Waals surface area contributed by atoms with E-state index in [9.17, 15) is 9.18 Å². The summed E-state index contributed by atoms with van der Waals surface area (Å²) in [6.07, 6.45) is 4.33. The zero-order valence-electron chi connectivity index (χ0n) is 12.2. The number of hydrogen-bond acceptors (Lipinski definition) is 4. The summed E-state index contributed by atoms with van der Waals surface area (Å²) in [7, 11) is 0. The Kier molecular flexibility index (Phi) is 5.72. The highest BCUT2D eigenvalue weighted by Gasteiger charge is 2.46. The lowest BCUT2D eigenvalue weighted by atomic mass is 9.93. The number of alkyl halides is 1. The lowest BCUT2D eigenvalue weighted by Gasteiger charge is -2.42. The van der Waals surface area contributed by atoms with Crippen molar-refractivity contribution in [2.24, 2.45) is 0 Å². The first-order chi connectivity index (χ1) is 9.22. The molecule has 1 fully saturated rings. The maximum absolute atomic E-state index is 14.8. The van der Waals surface area contributed by atoms with Crippen molar-refractivity contribution in [2.75, 3.05) is 25.4 Å². The lowest BCUT2D eigenvalue weighted by molar-refractivity contribution is -0.0857. The SMILES string of the molecule is C#CCO[C@@H]1CCN(C(=O)OC(C)(C)C)C[C@@]1(F)CS. The van der Waals surface area contributed by atoms with E-state index in [2.05, 4.69) is 18.5 Å². The van der Waals surface area contributed by atoms with Gasteiger partial charge in [0.2, 0.25) is 0 Å². The first-order valence-electron chi connectivity index (χ1n) is 6.54. The number of rotatable bonds is 3. The number of nitrogens with zero attached hydrogens (tertiary/aromatic N) is 1. The summed E-state index contributed by atoms with van der Waals surface area (Å²) in [5.74, 6) is 2.28. The summed E-state index contributed by atoms with van der Waals surface area (Å²) in [5.41, 5.74) is -2.32. The molecule has 0 aliphatic carbocycles.